The average Bonchev–Trinajstić information content (AvgIpc) is 2.56. The Hall–Kier alpha value is -2.20. The zero-order valence-electron chi connectivity index (χ0n) is 13.5. The lowest BCUT2D eigenvalue weighted by molar-refractivity contribution is -0.121. The highest BCUT2D eigenvalue weighted by Gasteiger charge is 2.12. The van der Waals surface area contributed by atoms with Gasteiger partial charge in [0.2, 0.25) is 5.91 Å². The zero-order chi connectivity index (χ0) is 16.8. The highest BCUT2D eigenvalue weighted by atomic mass is 35.5. The van der Waals surface area contributed by atoms with E-state index in [1.807, 2.05) is 56.3 Å². The van der Waals surface area contributed by atoms with Gasteiger partial charge in [0.1, 0.15) is 11.8 Å². The molecule has 0 bridgehead atoms. The molecule has 0 heterocycles. The lowest BCUT2D eigenvalue weighted by atomic mass is 10.2. The van der Waals surface area contributed by atoms with Crippen LogP contribution in [0.25, 0.3) is 0 Å². The number of amides is 1. The summed E-state index contributed by atoms with van der Waals surface area (Å²) in [5.74, 6) is 0.726. The van der Waals surface area contributed by atoms with Gasteiger partial charge in [-0.15, -0.1) is 0 Å². The molecule has 0 fully saturated rings. The predicted octanol–water partition coefficient (Wildman–Crippen LogP) is 3.77. The zero-order valence-corrected chi connectivity index (χ0v) is 14.3. The molecule has 0 aliphatic carbocycles. The summed E-state index contributed by atoms with van der Waals surface area (Å²) in [6.07, 6.45) is 0. The van der Waals surface area contributed by atoms with Crippen molar-refractivity contribution in [3.63, 3.8) is 0 Å². The van der Waals surface area contributed by atoms with Crippen LogP contribution < -0.4 is 15.4 Å². The van der Waals surface area contributed by atoms with Crippen molar-refractivity contribution in [3.8, 4) is 5.75 Å². The summed E-state index contributed by atoms with van der Waals surface area (Å²) in [4.78, 5) is 12.2. The summed E-state index contributed by atoms with van der Waals surface area (Å²) in [5.41, 5.74) is 2.85. The molecule has 2 aromatic carbocycles. The number of anilines is 1. The molecule has 1 amide bonds. The Bertz CT molecular complexity index is 671. The molecule has 0 aliphatic rings. The van der Waals surface area contributed by atoms with Crippen molar-refractivity contribution in [2.24, 2.45) is 0 Å². The van der Waals surface area contributed by atoms with Gasteiger partial charge in [0.05, 0.1) is 7.11 Å². The second-order valence-electron chi connectivity index (χ2n) is 5.40. The van der Waals surface area contributed by atoms with Crippen molar-refractivity contribution < 1.29 is 9.53 Å². The van der Waals surface area contributed by atoms with Crippen molar-refractivity contribution in [1.29, 1.82) is 0 Å². The van der Waals surface area contributed by atoms with Crippen LogP contribution in [0.2, 0.25) is 5.02 Å². The molecule has 0 saturated heterocycles. The summed E-state index contributed by atoms with van der Waals surface area (Å²) in [6.45, 7) is 4.23. The molecule has 0 saturated carbocycles. The lowest BCUT2D eigenvalue weighted by Gasteiger charge is -2.16. The Labute approximate surface area is 141 Å². The number of ether oxygens (including phenoxy) is 1. The normalized spacial score (nSPS) is 11.7. The molecular weight excluding hydrogens is 312 g/mol. The molecule has 23 heavy (non-hydrogen) atoms. The Balaban J connectivity index is 1.87. The maximum Gasteiger partial charge on any atom is 0.242 e. The largest absolute Gasteiger partial charge is 0.497 e. The molecule has 0 aromatic heterocycles. The number of hydrogen-bond acceptors (Lipinski definition) is 3. The Morgan fingerprint density at radius 1 is 1.22 bits per heavy atom. The van der Waals surface area contributed by atoms with Crippen LogP contribution in [0.1, 0.15) is 18.1 Å². The van der Waals surface area contributed by atoms with E-state index >= 15 is 0 Å². The first-order valence-corrected chi connectivity index (χ1v) is 7.80. The fourth-order valence-corrected chi connectivity index (χ4v) is 2.26. The van der Waals surface area contributed by atoms with E-state index in [2.05, 4.69) is 10.6 Å². The molecule has 122 valence electrons. The molecule has 0 radical (unpaired) electrons. The van der Waals surface area contributed by atoms with Gasteiger partial charge in [0.25, 0.3) is 0 Å². The van der Waals surface area contributed by atoms with E-state index in [4.69, 9.17) is 16.3 Å². The minimum atomic E-state index is -0.355. The topological polar surface area (TPSA) is 50.4 Å². The van der Waals surface area contributed by atoms with Crippen molar-refractivity contribution in [1.82, 2.24) is 5.32 Å². The van der Waals surface area contributed by atoms with Gasteiger partial charge in [-0.05, 0) is 49.2 Å². The Morgan fingerprint density at radius 2 is 1.91 bits per heavy atom. The van der Waals surface area contributed by atoms with Gasteiger partial charge in [-0.1, -0.05) is 29.8 Å². The summed E-state index contributed by atoms with van der Waals surface area (Å²) < 4.78 is 5.11. The Morgan fingerprint density at radius 3 is 2.52 bits per heavy atom. The van der Waals surface area contributed by atoms with E-state index in [-0.39, 0.29) is 11.9 Å². The number of hydrogen-bond donors (Lipinski definition) is 2. The highest BCUT2D eigenvalue weighted by molar-refractivity contribution is 6.31. The number of aryl methyl sites for hydroxylation is 1. The van der Waals surface area contributed by atoms with Gasteiger partial charge in [-0.2, -0.15) is 0 Å². The van der Waals surface area contributed by atoms with E-state index in [9.17, 15) is 4.79 Å². The van der Waals surface area contributed by atoms with Crippen LogP contribution in [0.3, 0.4) is 0 Å². The molecule has 2 N–H and O–H groups in total. The fourth-order valence-electron chi connectivity index (χ4n) is 2.08. The van der Waals surface area contributed by atoms with Crippen LogP contribution in [0, 0.1) is 6.92 Å². The number of halogens is 1. The van der Waals surface area contributed by atoms with Crippen molar-refractivity contribution >= 4 is 23.2 Å². The molecule has 4 nitrogen and oxygen atoms in total. The SMILES string of the molecule is COc1ccc(CNC(=O)[C@H](C)Nc2ccc(C)c(Cl)c2)cc1. The second kappa shape index (κ2) is 7.88. The highest BCUT2D eigenvalue weighted by Crippen LogP contribution is 2.20. The maximum absolute atomic E-state index is 12.2. The summed E-state index contributed by atoms with van der Waals surface area (Å²) in [6, 6.07) is 12.9. The third-order valence-corrected chi connectivity index (χ3v) is 3.98. The van der Waals surface area contributed by atoms with Gasteiger partial charge in [-0.3, -0.25) is 4.79 Å². The number of methoxy groups -OCH3 is 1. The standard InChI is InChI=1S/C18H21ClN2O2/c1-12-4-7-15(10-17(12)19)21-13(2)18(22)20-11-14-5-8-16(23-3)9-6-14/h4-10,13,21H,11H2,1-3H3,(H,20,22)/t13-/m0/s1. The molecular formula is C18H21ClN2O2. The quantitative estimate of drug-likeness (QED) is 0.846. The first-order chi connectivity index (χ1) is 11.0. The molecule has 5 heteroatoms. The molecule has 0 aliphatic heterocycles. The number of nitrogens with one attached hydrogen (secondary N) is 2. The summed E-state index contributed by atoms with van der Waals surface area (Å²) in [7, 11) is 1.63. The molecule has 2 rings (SSSR count). The van der Waals surface area contributed by atoms with Gasteiger partial charge in [0.15, 0.2) is 0 Å². The van der Waals surface area contributed by atoms with E-state index in [0.717, 1.165) is 22.6 Å². The minimum Gasteiger partial charge on any atom is -0.497 e. The first kappa shape index (κ1) is 17.2. The van der Waals surface area contributed by atoms with E-state index in [0.29, 0.717) is 11.6 Å². The first-order valence-electron chi connectivity index (χ1n) is 7.43. The summed E-state index contributed by atoms with van der Waals surface area (Å²) >= 11 is 6.09. The van der Waals surface area contributed by atoms with Gasteiger partial charge in [0, 0.05) is 17.3 Å². The smallest absolute Gasteiger partial charge is 0.242 e. The lowest BCUT2D eigenvalue weighted by Crippen LogP contribution is -2.37. The summed E-state index contributed by atoms with van der Waals surface area (Å²) in [5, 5.41) is 6.74. The van der Waals surface area contributed by atoms with Crippen LogP contribution in [0.4, 0.5) is 5.69 Å². The number of carbonyl (C=O) groups is 1. The molecule has 0 spiro atoms. The van der Waals surface area contributed by atoms with Crippen LogP contribution in [0.5, 0.6) is 5.75 Å². The Kier molecular flexibility index (Phi) is 5.88. The van der Waals surface area contributed by atoms with Gasteiger partial charge in [-0.25, -0.2) is 0 Å². The van der Waals surface area contributed by atoms with Crippen molar-refractivity contribution in [2.75, 3.05) is 12.4 Å². The third kappa shape index (κ3) is 4.89. The molecule has 0 unspecified atom stereocenters. The molecule has 1 atom stereocenters. The average molecular weight is 333 g/mol. The molecule has 2 aromatic rings. The number of benzene rings is 2. The predicted molar refractivity (Wildman–Crippen MR) is 94.1 cm³/mol. The monoisotopic (exact) mass is 332 g/mol. The minimum absolute atomic E-state index is 0.0717. The van der Waals surface area contributed by atoms with Crippen molar-refractivity contribution in [2.45, 2.75) is 26.4 Å². The third-order valence-electron chi connectivity index (χ3n) is 3.57. The van der Waals surface area contributed by atoms with Crippen LogP contribution in [-0.2, 0) is 11.3 Å². The van der Waals surface area contributed by atoms with E-state index in [1.54, 1.807) is 7.11 Å². The van der Waals surface area contributed by atoms with Gasteiger partial charge >= 0.3 is 0 Å². The fraction of sp³-hybridized carbons (Fsp3) is 0.278. The van der Waals surface area contributed by atoms with E-state index in [1.165, 1.54) is 0 Å². The van der Waals surface area contributed by atoms with Crippen molar-refractivity contribution in [3.05, 3.63) is 58.6 Å². The van der Waals surface area contributed by atoms with Gasteiger partial charge < -0.3 is 15.4 Å². The van der Waals surface area contributed by atoms with Crippen LogP contribution in [0.15, 0.2) is 42.5 Å². The van der Waals surface area contributed by atoms with E-state index < -0.39 is 0 Å². The second-order valence-corrected chi connectivity index (χ2v) is 5.80. The maximum atomic E-state index is 12.2. The number of carbonyl (C=O) groups excluding carboxylic acids is 1. The van der Waals surface area contributed by atoms with Crippen LogP contribution >= 0.6 is 11.6 Å². The van der Waals surface area contributed by atoms with Crippen LogP contribution in [-0.4, -0.2) is 19.1 Å². The number of rotatable bonds is 6.